The van der Waals surface area contributed by atoms with Crippen LogP contribution < -0.4 is 0 Å². The summed E-state index contributed by atoms with van der Waals surface area (Å²) in [6, 6.07) is 27.2. The van der Waals surface area contributed by atoms with Gasteiger partial charge in [-0.2, -0.15) is 11.8 Å². The molecule has 0 saturated heterocycles. The van der Waals surface area contributed by atoms with E-state index in [1.807, 2.05) is 44.2 Å². The number of carboxylic acids is 1. The SMILES string of the molecule is CC(=O)O.CC(C)(O)c1ccccc1CC[C@@H](SCC1CC1)c1cccc(/C=C/c2ccc3ccc(Cl)cc3n2)c1. The number of rotatable bonds is 10. The van der Waals surface area contributed by atoms with Gasteiger partial charge < -0.3 is 10.2 Å². The predicted octanol–water partition coefficient (Wildman–Crippen LogP) is 9.19. The summed E-state index contributed by atoms with van der Waals surface area (Å²) in [6.07, 6.45) is 8.96. The van der Waals surface area contributed by atoms with Gasteiger partial charge in [0.25, 0.3) is 5.97 Å². The summed E-state index contributed by atoms with van der Waals surface area (Å²) in [4.78, 5) is 13.8. The van der Waals surface area contributed by atoms with Crippen LogP contribution in [0.1, 0.15) is 73.2 Å². The summed E-state index contributed by atoms with van der Waals surface area (Å²) >= 11 is 8.26. The number of pyridine rings is 1. The van der Waals surface area contributed by atoms with E-state index in [-0.39, 0.29) is 0 Å². The third-order valence-electron chi connectivity index (χ3n) is 6.99. The number of thioether (sulfide) groups is 1. The Morgan fingerprint density at radius 2 is 1.78 bits per heavy atom. The second-order valence-corrected chi connectivity index (χ2v) is 12.8. The van der Waals surface area contributed by atoms with Crippen molar-refractivity contribution in [1.29, 1.82) is 0 Å². The molecule has 4 nitrogen and oxygen atoms in total. The quantitative estimate of drug-likeness (QED) is 0.193. The molecule has 0 unspecified atom stereocenters. The van der Waals surface area contributed by atoms with Crippen LogP contribution in [0, 0.1) is 5.92 Å². The van der Waals surface area contributed by atoms with E-state index in [1.165, 1.54) is 35.3 Å². The number of halogens is 1. The first kappa shape index (κ1) is 30.8. The van der Waals surface area contributed by atoms with Gasteiger partial charge in [-0.1, -0.05) is 78.3 Å². The van der Waals surface area contributed by atoms with Gasteiger partial charge in [0.1, 0.15) is 0 Å². The minimum Gasteiger partial charge on any atom is -0.481 e. The highest BCUT2D eigenvalue weighted by Crippen LogP contribution is 2.41. The molecule has 4 aromatic rings. The lowest BCUT2D eigenvalue weighted by molar-refractivity contribution is -0.134. The lowest BCUT2D eigenvalue weighted by Gasteiger charge is -2.23. The molecule has 1 fully saturated rings. The maximum atomic E-state index is 10.7. The van der Waals surface area contributed by atoms with Crippen LogP contribution in [-0.4, -0.2) is 26.9 Å². The molecule has 6 heteroatoms. The third-order valence-corrected chi connectivity index (χ3v) is 8.80. The van der Waals surface area contributed by atoms with Gasteiger partial charge in [-0.15, -0.1) is 0 Å². The number of benzene rings is 3. The summed E-state index contributed by atoms with van der Waals surface area (Å²) < 4.78 is 0. The Morgan fingerprint density at radius 1 is 1.05 bits per heavy atom. The van der Waals surface area contributed by atoms with Crippen molar-refractivity contribution >= 4 is 52.4 Å². The van der Waals surface area contributed by atoms with Crippen LogP contribution >= 0.6 is 23.4 Å². The minimum absolute atomic E-state index is 0.421. The number of hydrogen-bond donors (Lipinski definition) is 2. The van der Waals surface area contributed by atoms with E-state index in [1.54, 1.807) is 0 Å². The second kappa shape index (κ2) is 14.2. The van der Waals surface area contributed by atoms with Crippen LogP contribution in [0.15, 0.2) is 78.9 Å². The predicted molar refractivity (Wildman–Crippen MR) is 173 cm³/mol. The van der Waals surface area contributed by atoms with Gasteiger partial charge in [0.05, 0.1) is 16.8 Å². The fraction of sp³-hybridized carbons (Fsp3) is 0.314. The van der Waals surface area contributed by atoms with E-state index in [0.29, 0.717) is 10.3 Å². The molecule has 5 rings (SSSR count). The topological polar surface area (TPSA) is 70.4 Å². The third kappa shape index (κ3) is 9.74. The van der Waals surface area contributed by atoms with Crippen molar-refractivity contribution in [2.75, 3.05) is 5.75 Å². The van der Waals surface area contributed by atoms with E-state index in [2.05, 4.69) is 72.4 Å². The zero-order valence-electron chi connectivity index (χ0n) is 23.9. The molecule has 1 heterocycles. The Hall–Kier alpha value is -3.12. The van der Waals surface area contributed by atoms with Crippen molar-refractivity contribution in [3.05, 3.63) is 112 Å². The van der Waals surface area contributed by atoms with E-state index in [9.17, 15) is 5.11 Å². The first-order chi connectivity index (χ1) is 19.6. The van der Waals surface area contributed by atoms with Crippen molar-refractivity contribution in [3.63, 3.8) is 0 Å². The number of aliphatic hydroxyl groups is 1. The second-order valence-electron chi connectivity index (χ2n) is 11.1. The van der Waals surface area contributed by atoms with Crippen molar-refractivity contribution in [3.8, 4) is 0 Å². The van der Waals surface area contributed by atoms with Gasteiger partial charge in [-0.3, -0.25) is 4.79 Å². The van der Waals surface area contributed by atoms with Gasteiger partial charge in [0.2, 0.25) is 0 Å². The van der Waals surface area contributed by atoms with Crippen LogP contribution in [0.4, 0.5) is 0 Å². The Kier molecular flexibility index (Phi) is 10.7. The molecule has 214 valence electrons. The molecule has 0 aliphatic heterocycles. The largest absolute Gasteiger partial charge is 0.481 e. The fourth-order valence-electron chi connectivity index (χ4n) is 4.75. The summed E-state index contributed by atoms with van der Waals surface area (Å²) in [7, 11) is 0. The van der Waals surface area contributed by atoms with Crippen LogP contribution in [-0.2, 0) is 16.8 Å². The van der Waals surface area contributed by atoms with Gasteiger partial charge in [-0.05, 0) is 97.7 Å². The molecule has 0 radical (unpaired) electrons. The van der Waals surface area contributed by atoms with Crippen molar-refractivity contribution < 1.29 is 15.0 Å². The van der Waals surface area contributed by atoms with Crippen LogP contribution in [0.25, 0.3) is 23.1 Å². The molecule has 1 aromatic heterocycles. The smallest absolute Gasteiger partial charge is 0.300 e. The van der Waals surface area contributed by atoms with Crippen molar-refractivity contribution in [2.45, 2.75) is 57.3 Å². The number of aromatic nitrogens is 1. The molecule has 0 amide bonds. The highest BCUT2D eigenvalue weighted by Gasteiger charge is 2.25. The molecule has 1 atom stereocenters. The average molecular weight is 588 g/mol. The monoisotopic (exact) mass is 587 g/mol. The van der Waals surface area contributed by atoms with Crippen molar-refractivity contribution in [1.82, 2.24) is 4.98 Å². The average Bonchev–Trinajstić information content (AvgIpc) is 3.76. The first-order valence-electron chi connectivity index (χ1n) is 14.0. The number of nitrogens with zero attached hydrogens (tertiary/aromatic N) is 1. The Labute approximate surface area is 252 Å². The number of hydrogen-bond acceptors (Lipinski definition) is 4. The number of fused-ring (bicyclic) bond motifs is 1. The van der Waals surface area contributed by atoms with Gasteiger partial charge in [-0.25, -0.2) is 4.98 Å². The highest BCUT2D eigenvalue weighted by atomic mass is 35.5. The lowest BCUT2D eigenvalue weighted by atomic mass is 9.90. The zero-order valence-corrected chi connectivity index (χ0v) is 25.5. The molecule has 1 aliphatic rings. The van der Waals surface area contributed by atoms with E-state index >= 15 is 0 Å². The molecule has 2 N–H and O–H groups in total. The Morgan fingerprint density at radius 3 is 2.51 bits per heavy atom. The van der Waals surface area contributed by atoms with E-state index in [4.69, 9.17) is 26.5 Å². The highest BCUT2D eigenvalue weighted by molar-refractivity contribution is 7.99. The maximum Gasteiger partial charge on any atom is 0.300 e. The molecule has 3 aromatic carbocycles. The molecule has 1 saturated carbocycles. The first-order valence-corrected chi connectivity index (χ1v) is 15.5. The number of carbonyl (C=O) groups is 1. The summed E-state index contributed by atoms with van der Waals surface area (Å²) in [6.45, 7) is 4.83. The fourth-order valence-corrected chi connectivity index (χ4v) is 6.38. The molecular weight excluding hydrogens is 550 g/mol. The van der Waals surface area contributed by atoms with Crippen LogP contribution in [0.5, 0.6) is 0 Å². The lowest BCUT2D eigenvalue weighted by Crippen LogP contribution is -2.18. The molecule has 0 spiro atoms. The van der Waals surface area contributed by atoms with E-state index in [0.717, 1.165) is 47.8 Å². The zero-order chi connectivity index (χ0) is 29.4. The minimum atomic E-state index is -0.833. The maximum absolute atomic E-state index is 10.7. The Bertz CT molecular complexity index is 1500. The van der Waals surface area contributed by atoms with Gasteiger partial charge >= 0.3 is 0 Å². The molecule has 41 heavy (non-hydrogen) atoms. The summed E-state index contributed by atoms with van der Waals surface area (Å²) in [5.41, 5.74) is 5.81. The van der Waals surface area contributed by atoms with Gasteiger partial charge in [0.15, 0.2) is 0 Å². The van der Waals surface area contributed by atoms with Gasteiger partial charge in [0, 0.05) is 22.6 Å². The standard InChI is InChI=1S/C33H34ClNOS.C2H4O2/c1-33(2,36)30-9-4-3-7-25(30)15-19-32(37-22-24-10-11-24)27-8-5-6-23(20-27)12-17-29-18-14-26-13-16-28(34)21-31(26)35-29;1-2(3)4/h3-9,12-14,16-18,20-21,24,32,36H,10-11,15,19,22H2,1-2H3;1H3,(H,3,4)/b17-12+;/t32-;/m1./s1. The summed E-state index contributed by atoms with van der Waals surface area (Å²) in [5.74, 6) is 1.27. The molecule has 1 aliphatic carbocycles. The normalized spacial score (nSPS) is 14.1. The number of aryl methyl sites for hydroxylation is 1. The number of carboxylic acid groups (broad SMARTS) is 1. The molecule has 0 bridgehead atoms. The number of aliphatic carboxylic acids is 1. The summed E-state index contributed by atoms with van der Waals surface area (Å²) in [5, 5.41) is 20.3. The van der Waals surface area contributed by atoms with E-state index < -0.39 is 11.6 Å². The molecular formula is C35H38ClNO3S. The van der Waals surface area contributed by atoms with Crippen molar-refractivity contribution in [2.24, 2.45) is 5.92 Å². The van der Waals surface area contributed by atoms with Crippen LogP contribution in [0.3, 0.4) is 0 Å². The Balaban J connectivity index is 0.000000909. The van der Waals surface area contributed by atoms with Crippen LogP contribution in [0.2, 0.25) is 5.02 Å².